The van der Waals surface area contributed by atoms with Crippen molar-refractivity contribution in [1.29, 1.82) is 0 Å². The second kappa shape index (κ2) is 7.09. The van der Waals surface area contributed by atoms with Crippen LogP contribution in [0.25, 0.3) is 0 Å². The molecular formula is C18H25N5S. The summed E-state index contributed by atoms with van der Waals surface area (Å²) in [6.07, 6.45) is 7.72. The van der Waals surface area contributed by atoms with Gasteiger partial charge in [0.25, 0.3) is 0 Å². The normalized spacial score (nSPS) is 18.9. The van der Waals surface area contributed by atoms with E-state index in [9.17, 15) is 0 Å². The molecule has 1 aliphatic rings. The van der Waals surface area contributed by atoms with Crippen LogP contribution in [0.5, 0.6) is 0 Å². The third kappa shape index (κ3) is 2.79. The van der Waals surface area contributed by atoms with Gasteiger partial charge in [0.2, 0.25) is 0 Å². The quantitative estimate of drug-likeness (QED) is 0.440. The largest absolute Gasteiger partial charge is 0.388 e. The molecule has 3 rings (SSSR count). The summed E-state index contributed by atoms with van der Waals surface area (Å²) in [6, 6.07) is 6.66. The van der Waals surface area contributed by atoms with Gasteiger partial charge in [0.15, 0.2) is 0 Å². The molecule has 0 amide bonds. The van der Waals surface area contributed by atoms with Crippen molar-refractivity contribution in [3.05, 3.63) is 47.4 Å². The van der Waals surface area contributed by atoms with Crippen LogP contribution in [-0.4, -0.2) is 43.0 Å². The first-order chi connectivity index (χ1) is 11.7. The van der Waals surface area contributed by atoms with Crippen LogP contribution in [0, 0.1) is 0 Å². The molecule has 1 unspecified atom stereocenters. The highest BCUT2D eigenvalue weighted by Gasteiger charge is 2.43. The number of nitrogens with one attached hydrogen (secondary N) is 3. The summed E-state index contributed by atoms with van der Waals surface area (Å²) < 4.78 is 0. The summed E-state index contributed by atoms with van der Waals surface area (Å²) in [5, 5.41) is 11.4. The van der Waals surface area contributed by atoms with Gasteiger partial charge in [0.05, 0.1) is 5.66 Å². The number of rotatable bonds is 5. The lowest BCUT2D eigenvalue weighted by Gasteiger charge is -2.45. The number of hydrogen-bond acceptors (Lipinski definition) is 6. The van der Waals surface area contributed by atoms with Gasteiger partial charge in [0.1, 0.15) is 11.4 Å². The number of aryl methyl sites for hydroxylation is 1. The Morgan fingerprint density at radius 2 is 1.96 bits per heavy atom. The molecule has 2 aromatic rings. The van der Waals surface area contributed by atoms with Crippen molar-refractivity contribution in [1.82, 2.24) is 20.6 Å². The molecule has 3 N–H and O–H groups in total. The van der Waals surface area contributed by atoms with E-state index in [-0.39, 0.29) is 11.6 Å². The van der Waals surface area contributed by atoms with Gasteiger partial charge in [0, 0.05) is 30.4 Å². The molecule has 1 aromatic heterocycles. The number of aromatic nitrogens is 2. The lowest BCUT2D eigenvalue weighted by molar-refractivity contribution is 0.225. The van der Waals surface area contributed by atoms with Crippen LogP contribution in [0.15, 0.2) is 35.7 Å². The molecule has 1 atom stereocenters. The van der Waals surface area contributed by atoms with Gasteiger partial charge in [-0.2, -0.15) is 0 Å². The van der Waals surface area contributed by atoms with E-state index in [0.717, 1.165) is 23.6 Å². The Kier molecular flexibility index (Phi) is 5.08. The SMILES string of the molecule is CNc1ccc2c(c1)C(c1cncnc1SC)C(NC)(NC)CC2. The third-order valence-corrected chi connectivity index (χ3v) is 5.85. The molecule has 5 nitrogen and oxygen atoms in total. The molecular weight excluding hydrogens is 318 g/mol. The number of nitrogens with zero attached hydrogens (tertiary/aromatic N) is 2. The van der Waals surface area contributed by atoms with Crippen molar-refractivity contribution in [3.8, 4) is 0 Å². The minimum Gasteiger partial charge on any atom is -0.388 e. The molecule has 0 spiro atoms. The summed E-state index contributed by atoms with van der Waals surface area (Å²) in [6.45, 7) is 0. The molecule has 1 heterocycles. The predicted molar refractivity (Wildman–Crippen MR) is 101 cm³/mol. The first-order valence-electron chi connectivity index (χ1n) is 8.21. The Hall–Kier alpha value is -1.63. The van der Waals surface area contributed by atoms with E-state index in [2.05, 4.69) is 50.4 Å². The van der Waals surface area contributed by atoms with Crippen molar-refractivity contribution in [3.63, 3.8) is 0 Å². The monoisotopic (exact) mass is 343 g/mol. The fourth-order valence-corrected chi connectivity index (χ4v) is 4.34. The highest BCUT2D eigenvalue weighted by molar-refractivity contribution is 7.98. The smallest absolute Gasteiger partial charge is 0.116 e. The average molecular weight is 344 g/mol. The fraction of sp³-hybridized carbons (Fsp3) is 0.444. The number of fused-ring (bicyclic) bond motifs is 1. The third-order valence-electron chi connectivity index (χ3n) is 5.13. The van der Waals surface area contributed by atoms with Crippen LogP contribution in [-0.2, 0) is 6.42 Å². The lowest BCUT2D eigenvalue weighted by atomic mass is 9.71. The molecule has 0 saturated carbocycles. The maximum absolute atomic E-state index is 4.50. The number of anilines is 1. The van der Waals surface area contributed by atoms with Gasteiger partial charge in [-0.05, 0) is 56.5 Å². The van der Waals surface area contributed by atoms with Crippen molar-refractivity contribution in [2.45, 2.75) is 29.4 Å². The van der Waals surface area contributed by atoms with Gasteiger partial charge in [-0.25, -0.2) is 9.97 Å². The summed E-state index contributed by atoms with van der Waals surface area (Å²) >= 11 is 1.67. The van der Waals surface area contributed by atoms with E-state index in [1.807, 2.05) is 27.3 Å². The van der Waals surface area contributed by atoms with Gasteiger partial charge in [-0.1, -0.05) is 6.07 Å². The van der Waals surface area contributed by atoms with E-state index < -0.39 is 0 Å². The zero-order valence-electron chi connectivity index (χ0n) is 14.7. The van der Waals surface area contributed by atoms with Crippen LogP contribution < -0.4 is 16.0 Å². The van der Waals surface area contributed by atoms with E-state index in [4.69, 9.17) is 0 Å². The molecule has 0 saturated heterocycles. The molecule has 128 valence electrons. The van der Waals surface area contributed by atoms with Crippen LogP contribution >= 0.6 is 11.8 Å². The lowest BCUT2D eigenvalue weighted by Crippen LogP contribution is -2.60. The molecule has 0 aliphatic heterocycles. The molecule has 0 fully saturated rings. The highest BCUT2D eigenvalue weighted by atomic mass is 32.2. The van der Waals surface area contributed by atoms with Gasteiger partial charge < -0.3 is 16.0 Å². The Morgan fingerprint density at radius 1 is 1.17 bits per heavy atom. The Balaban J connectivity index is 2.24. The fourth-order valence-electron chi connectivity index (χ4n) is 3.78. The van der Waals surface area contributed by atoms with E-state index in [1.165, 1.54) is 16.7 Å². The molecule has 0 bridgehead atoms. The maximum Gasteiger partial charge on any atom is 0.116 e. The van der Waals surface area contributed by atoms with Crippen LogP contribution in [0.4, 0.5) is 5.69 Å². The molecule has 1 aliphatic carbocycles. The zero-order chi connectivity index (χ0) is 17.2. The number of thioether (sulfide) groups is 1. The molecule has 6 heteroatoms. The predicted octanol–water partition coefficient (Wildman–Crippen LogP) is 2.45. The summed E-state index contributed by atoms with van der Waals surface area (Å²) in [5.74, 6) is 0.146. The van der Waals surface area contributed by atoms with E-state index in [1.54, 1.807) is 18.1 Å². The first-order valence-corrected chi connectivity index (χ1v) is 9.44. The minimum atomic E-state index is -0.214. The highest BCUT2D eigenvalue weighted by Crippen LogP contribution is 2.44. The van der Waals surface area contributed by atoms with Crippen molar-refractivity contribution >= 4 is 17.4 Å². The maximum atomic E-state index is 4.50. The Labute approximate surface area is 148 Å². The van der Waals surface area contributed by atoms with E-state index >= 15 is 0 Å². The average Bonchev–Trinajstić information content (AvgIpc) is 2.66. The van der Waals surface area contributed by atoms with Gasteiger partial charge in [-0.3, -0.25) is 0 Å². The molecule has 24 heavy (non-hydrogen) atoms. The Bertz CT molecular complexity index is 714. The summed E-state index contributed by atoms with van der Waals surface area (Å²) in [4.78, 5) is 8.83. The second-order valence-corrected chi connectivity index (χ2v) is 6.85. The standard InChI is InChI=1S/C18H25N5S/c1-19-13-6-5-12-7-8-18(20-2,21-3)16(14(12)9-13)15-10-22-11-23-17(15)24-4/h5-6,9-11,16,19-21H,7-8H2,1-4H3. The first kappa shape index (κ1) is 17.2. The topological polar surface area (TPSA) is 61.9 Å². The van der Waals surface area contributed by atoms with Crippen molar-refractivity contribution in [2.75, 3.05) is 32.7 Å². The number of hydrogen-bond donors (Lipinski definition) is 3. The summed E-state index contributed by atoms with van der Waals surface area (Å²) in [7, 11) is 6.01. The zero-order valence-corrected chi connectivity index (χ0v) is 15.5. The molecule has 1 aromatic carbocycles. The van der Waals surface area contributed by atoms with Crippen molar-refractivity contribution in [2.24, 2.45) is 0 Å². The van der Waals surface area contributed by atoms with Crippen molar-refractivity contribution < 1.29 is 0 Å². The van der Waals surface area contributed by atoms with Gasteiger partial charge >= 0.3 is 0 Å². The number of benzene rings is 1. The number of likely N-dealkylation sites (N-methyl/N-ethyl adjacent to an activating group) is 2. The molecule has 0 radical (unpaired) electrons. The van der Waals surface area contributed by atoms with Crippen LogP contribution in [0.3, 0.4) is 0 Å². The van der Waals surface area contributed by atoms with Gasteiger partial charge in [-0.15, -0.1) is 11.8 Å². The van der Waals surface area contributed by atoms with E-state index in [0.29, 0.717) is 0 Å². The second-order valence-electron chi connectivity index (χ2n) is 6.06. The van der Waals surface area contributed by atoms with Crippen LogP contribution in [0.2, 0.25) is 0 Å². The Morgan fingerprint density at radius 3 is 2.62 bits per heavy atom. The minimum absolute atomic E-state index is 0.146. The van der Waals surface area contributed by atoms with Crippen LogP contribution in [0.1, 0.15) is 29.0 Å². The summed E-state index contributed by atoms with van der Waals surface area (Å²) in [5.41, 5.74) is 4.82.